The first kappa shape index (κ1) is 18.8. The van der Waals surface area contributed by atoms with E-state index in [1.54, 1.807) is 0 Å². The summed E-state index contributed by atoms with van der Waals surface area (Å²) in [6.45, 7) is 9.40. The maximum atomic E-state index is 7.37. The van der Waals surface area contributed by atoms with Crippen LogP contribution in [0.3, 0.4) is 0 Å². The van der Waals surface area contributed by atoms with Crippen LogP contribution in [0.2, 0.25) is 21.0 Å². The third-order valence-corrected chi connectivity index (χ3v) is 31.0. The monoisotopic (exact) mass is 434 g/mol. The van der Waals surface area contributed by atoms with Crippen LogP contribution in [0.15, 0.2) is 60.7 Å². The summed E-state index contributed by atoms with van der Waals surface area (Å²) in [5.41, 5.74) is 0. The van der Waals surface area contributed by atoms with Gasteiger partial charge in [-0.3, -0.25) is 0 Å². The van der Waals surface area contributed by atoms with Crippen molar-refractivity contribution < 1.29 is 2.79 Å². The van der Waals surface area contributed by atoms with Gasteiger partial charge in [0, 0.05) is 0 Å². The van der Waals surface area contributed by atoms with Gasteiger partial charge in [-0.2, -0.15) is 0 Å². The van der Waals surface area contributed by atoms with Crippen LogP contribution in [0.4, 0.5) is 0 Å². The minimum absolute atomic E-state index is 1.15. The van der Waals surface area contributed by atoms with E-state index >= 15 is 0 Å². The molecule has 2 aromatic carbocycles. The zero-order valence-electron chi connectivity index (χ0n) is 15.0. The van der Waals surface area contributed by atoms with E-state index in [4.69, 9.17) is 2.79 Å². The fourth-order valence-electron chi connectivity index (χ4n) is 3.52. The number of rotatable bonds is 8. The quantitative estimate of drug-likeness (QED) is 0.546. The van der Waals surface area contributed by atoms with Gasteiger partial charge in [0.15, 0.2) is 0 Å². The molecule has 23 heavy (non-hydrogen) atoms. The first-order valence-electron chi connectivity index (χ1n) is 8.97. The molecule has 0 heterocycles. The summed E-state index contributed by atoms with van der Waals surface area (Å²) in [6.07, 6.45) is 0. The predicted octanol–water partition coefficient (Wildman–Crippen LogP) is 4.79. The first-order valence-corrected chi connectivity index (χ1v) is 18.7. The second kappa shape index (κ2) is 8.54. The van der Waals surface area contributed by atoms with Gasteiger partial charge in [-0.1, -0.05) is 0 Å². The first-order chi connectivity index (χ1) is 11.2. The molecule has 2 aromatic rings. The van der Waals surface area contributed by atoms with E-state index in [9.17, 15) is 0 Å². The zero-order valence-corrected chi connectivity index (χ0v) is 19.2. The van der Waals surface area contributed by atoms with Crippen molar-refractivity contribution in [1.82, 2.24) is 0 Å². The summed E-state index contributed by atoms with van der Waals surface area (Å²) in [5, 5.41) is 4.94. The van der Waals surface area contributed by atoms with Gasteiger partial charge in [-0.05, 0) is 0 Å². The van der Waals surface area contributed by atoms with E-state index in [0.717, 1.165) is 5.25 Å². The Balaban J connectivity index is 2.60. The molecule has 0 aliphatic heterocycles. The Hall–Kier alpha value is -0.514. The zero-order chi connectivity index (χ0) is 16.8. The van der Waals surface area contributed by atoms with Crippen molar-refractivity contribution >= 4 is 36.0 Å². The number of benzene rings is 2. The van der Waals surface area contributed by atoms with Crippen LogP contribution in [0.1, 0.15) is 27.7 Å². The summed E-state index contributed by atoms with van der Waals surface area (Å²) in [5.74, 6) is 0. The van der Waals surface area contributed by atoms with Crippen LogP contribution in [-0.2, 0) is 2.79 Å². The molecule has 0 aromatic heterocycles. The van der Waals surface area contributed by atoms with E-state index in [2.05, 4.69) is 88.4 Å². The molecular formula is C20H30Ge2O. The van der Waals surface area contributed by atoms with Gasteiger partial charge in [0.2, 0.25) is 0 Å². The van der Waals surface area contributed by atoms with Gasteiger partial charge in [0.1, 0.15) is 0 Å². The average Bonchev–Trinajstić information content (AvgIpc) is 2.65. The SMILES string of the molecule is C[CH2][Ge]([CH2]C)([CH2]C)[O][Ge]([CH2]C)([c]1ccccc1)[c]1ccccc1. The van der Waals surface area contributed by atoms with Crippen LogP contribution < -0.4 is 8.79 Å². The van der Waals surface area contributed by atoms with E-state index in [1.165, 1.54) is 24.6 Å². The molecule has 0 atom stereocenters. The van der Waals surface area contributed by atoms with E-state index in [-0.39, 0.29) is 0 Å². The van der Waals surface area contributed by atoms with Crippen molar-refractivity contribution in [3.63, 3.8) is 0 Å². The number of hydrogen-bond acceptors (Lipinski definition) is 1. The molecule has 0 aliphatic carbocycles. The molecule has 0 unspecified atom stereocenters. The summed E-state index contributed by atoms with van der Waals surface area (Å²) in [7, 11) is 0. The van der Waals surface area contributed by atoms with Crippen LogP contribution in [0, 0.1) is 0 Å². The Morgan fingerprint density at radius 2 is 1.00 bits per heavy atom. The predicted molar refractivity (Wildman–Crippen MR) is 107 cm³/mol. The van der Waals surface area contributed by atoms with Crippen molar-refractivity contribution in [3.05, 3.63) is 60.7 Å². The van der Waals surface area contributed by atoms with Crippen molar-refractivity contribution in [2.45, 2.75) is 48.7 Å². The van der Waals surface area contributed by atoms with Crippen molar-refractivity contribution in [2.24, 2.45) is 0 Å². The Morgan fingerprint density at radius 1 is 0.609 bits per heavy atom. The fourth-order valence-corrected chi connectivity index (χ4v) is 32.3. The van der Waals surface area contributed by atoms with Crippen molar-refractivity contribution in [1.29, 1.82) is 0 Å². The minimum atomic E-state index is -2.78. The third kappa shape index (κ3) is 3.94. The molecule has 0 bridgehead atoms. The molecule has 1 nitrogen and oxygen atoms in total. The fraction of sp³-hybridized carbons (Fsp3) is 0.400. The average molecular weight is 432 g/mol. The molecule has 0 saturated carbocycles. The van der Waals surface area contributed by atoms with Gasteiger partial charge >= 0.3 is 148 Å². The van der Waals surface area contributed by atoms with Gasteiger partial charge < -0.3 is 0 Å². The van der Waals surface area contributed by atoms with Crippen LogP contribution in [0.5, 0.6) is 0 Å². The second-order valence-corrected chi connectivity index (χ2v) is 25.7. The molecule has 0 saturated heterocycles. The van der Waals surface area contributed by atoms with E-state index in [1.807, 2.05) is 0 Å². The van der Waals surface area contributed by atoms with Gasteiger partial charge in [-0.25, -0.2) is 0 Å². The second-order valence-electron chi connectivity index (χ2n) is 6.26. The van der Waals surface area contributed by atoms with E-state index < -0.39 is 27.2 Å². The van der Waals surface area contributed by atoms with Crippen molar-refractivity contribution in [3.8, 4) is 0 Å². The third-order valence-electron chi connectivity index (χ3n) is 5.30. The Kier molecular flexibility index (Phi) is 6.99. The molecule has 2 rings (SSSR count). The molecule has 0 aliphatic rings. The van der Waals surface area contributed by atoms with Crippen LogP contribution >= 0.6 is 0 Å². The molecular weight excluding hydrogens is 401 g/mol. The molecule has 3 heteroatoms. The maximum absolute atomic E-state index is 7.37. The van der Waals surface area contributed by atoms with E-state index in [0.29, 0.717) is 0 Å². The van der Waals surface area contributed by atoms with Gasteiger partial charge in [0.25, 0.3) is 0 Å². The summed E-state index contributed by atoms with van der Waals surface area (Å²) in [6, 6.07) is 22.2. The molecule has 0 spiro atoms. The molecule has 0 fully saturated rings. The molecule has 124 valence electrons. The van der Waals surface area contributed by atoms with Crippen molar-refractivity contribution in [2.75, 3.05) is 0 Å². The standard InChI is InChI=1S/C20H30Ge2O/c1-5-21(6-2,7-3)23-22(8-4,19-15-11-9-12-16-19)20-17-13-10-14-18-20/h9-18H,5-8H2,1-4H3. The topological polar surface area (TPSA) is 9.23 Å². The van der Waals surface area contributed by atoms with Crippen LogP contribution in [0.25, 0.3) is 0 Å². The number of hydrogen-bond donors (Lipinski definition) is 0. The van der Waals surface area contributed by atoms with Gasteiger partial charge in [-0.15, -0.1) is 0 Å². The Bertz CT molecular complexity index is 531. The molecule has 0 N–H and O–H groups in total. The summed E-state index contributed by atoms with van der Waals surface area (Å²) >= 11 is -5.02. The van der Waals surface area contributed by atoms with Crippen LogP contribution in [-0.4, -0.2) is 27.2 Å². The molecule has 0 radical (unpaired) electrons. The molecule has 0 amide bonds. The van der Waals surface area contributed by atoms with Gasteiger partial charge in [0.05, 0.1) is 0 Å². The Labute approximate surface area is 147 Å². The normalized spacial score (nSPS) is 12.3. The summed E-state index contributed by atoms with van der Waals surface area (Å²) < 4.78 is 10.3. The Morgan fingerprint density at radius 3 is 1.30 bits per heavy atom. The summed E-state index contributed by atoms with van der Waals surface area (Å²) in [4.78, 5) is 0.